The molecule has 4 rings (SSSR count). The maximum Gasteiger partial charge on any atom is 0.235 e. The molecule has 24 heavy (non-hydrogen) atoms. The molecule has 2 fully saturated rings. The number of hydrogen-bond acceptors (Lipinski definition) is 4. The number of piperidine rings is 1. The average Bonchev–Trinajstić information content (AvgIpc) is 3.12. The lowest BCUT2D eigenvalue weighted by Crippen LogP contribution is -2.42. The summed E-state index contributed by atoms with van der Waals surface area (Å²) in [5.41, 5.74) is 2.84. The van der Waals surface area contributed by atoms with E-state index in [1.54, 1.807) is 0 Å². The first-order valence-corrected chi connectivity index (χ1v) is 9.23. The van der Waals surface area contributed by atoms with E-state index in [9.17, 15) is 0 Å². The fourth-order valence-corrected chi connectivity index (χ4v) is 4.46. The minimum atomic E-state index is 0.207. The zero-order valence-electron chi connectivity index (χ0n) is 14.5. The molecule has 0 spiro atoms. The van der Waals surface area contributed by atoms with Crippen molar-refractivity contribution in [2.75, 3.05) is 7.05 Å². The van der Waals surface area contributed by atoms with E-state index in [0.29, 0.717) is 12.1 Å². The van der Waals surface area contributed by atoms with E-state index in [2.05, 4.69) is 43.1 Å². The Labute approximate surface area is 148 Å². The highest BCUT2D eigenvalue weighted by molar-refractivity contribution is 6.31. The third-order valence-electron chi connectivity index (χ3n) is 5.72. The Morgan fingerprint density at radius 2 is 2.12 bits per heavy atom. The third kappa shape index (κ3) is 2.66. The summed E-state index contributed by atoms with van der Waals surface area (Å²) in [5, 5.41) is 5.04. The summed E-state index contributed by atoms with van der Waals surface area (Å²) in [4.78, 5) is 7.26. The Kier molecular flexibility index (Phi) is 4.13. The van der Waals surface area contributed by atoms with Gasteiger partial charge in [-0.15, -0.1) is 0 Å². The second-order valence-corrected chi connectivity index (χ2v) is 7.90. The van der Waals surface area contributed by atoms with E-state index < -0.39 is 0 Å². The fourth-order valence-electron chi connectivity index (χ4n) is 4.32. The number of fused-ring (bicyclic) bond motifs is 2. The monoisotopic (exact) mass is 345 g/mol. The van der Waals surface area contributed by atoms with Gasteiger partial charge in [-0.1, -0.05) is 48.3 Å². The van der Waals surface area contributed by atoms with Gasteiger partial charge >= 0.3 is 0 Å². The fraction of sp³-hybridized carbons (Fsp3) is 0.579. The Bertz CT molecular complexity index is 731. The van der Waals surface area contributed by atoms with Crippen molar-refractivity contribution in [2.45, 2.75) is 63.5 Å². The number of halogens is 1. The van der Waals surface area contributed by atoms with Crippen LogP contribution in [-0.2, 0) is 0 Å². The molecule has 0 aromatic carbocycles. The first-order valence-electron chi connectivity index (χ1n) is 8.85. The van der Waals surface area contributed by atoms with E-state index in [-0.39, 0.29) is 11.8 Å². The summed E-state index contributed by atoms with van der Waals surface area (Å²) in [5.74, 6) is 2.08. The van der Waals surface area contributed by atoms with E-state index in [0.717, 1.165) is 29.6 Å². The summed E-state index contributed by atoms with van der Waals surface area (Å²) in [6, 6.07) is 1.09. The molecule has 0 saturated carbocycles. The molecule has 128 valence electrons. The minimum Gasteiger partial charge on any atom is -0.339 e. The number of likely N-dealkylation sites (N-methyl/N-ethyl adjacent to an activating group) is 1. The highest BCUT2D eigenvalue weighted by Crippen LogP contribution is 2.48. The molecule has 1 aromatic heterocycles. The van der Waals surface area contributed by atoms with Crippen molar-refractivity contribution in [3.8, 4) is 0 Å². The number of aromatic nitrogens is 2. The lowest BCUT2D eigenvalue weighted by atomic mass is 9.81. The van der Waals surface area contributed by atoms with Gasteiger partial charge in [-0.2, -0.15) is 4.98 Å². The van der Waals surface area contributed by atoms with Crippen LogP contribution in [0.2, 0.25) is 0 Å². The molecule has 3 aliphatic rings. The van der Waals surface area contributed by atoms with Gasteiger partial charge in [-0.3, -0.25) is 4.90 Å². The molecular formula is C19H24ClN3O. The molecule has 3 atom stereocenters. The van der Waals surface area contributed by atoms with Gasteiger partial charge in [0.1, 0.15) is 0 Å². The lowest BCUT2D eigenvalue weighted by molar-refractivity contribution is 0.172. The molecule has 2 bridgehead atoms. The van der Waals surface area contributed by atoms with Crippen LogP contribution in [0.25, 0.3) is 0 Å². The molecule has 0 radical (unpaired) electrons. The van der Waals surface area contributed by atoms with E-state index in [1.165, 1.54) is 24.0 Å². The van der Waals surface area contributed by atoms with Crippen LogP contribution in [0.1, 0.15) is 63.1 Å². The van der Waals surface area contributed by atoms with Crippen molar-refractivity contribution in [3.05, 3.63) is 46.1 Å². The van der Waals surface area contributed by atoms with Gasteiger partial charge in [-0.05, 0) is 44.4 Å². The van der Waals surface area contributed by atoms with E-state index in [4.69, 9.17) is 21.1 Å². The number of hydrogen-bond donors (Lipinski definition) is 0. The Balaban J connectivity index is 1.76. The Hall–Kier alpha value is -1.39. The van der Waals surface area contributed by atoms with Gasteiger partial charge in [0.05, 0.1) is 5.92 Å². The zero-order valence-corrected chi connectivity index (χ0v) is 15.3. The molecule has 0 amide bonds. The average molecular weight is 346 g/mol. The van der Waals surface area contributed by atoms with Gasteiger partial charge in [0.25, 0.3) is 0 Å². The molecule has 1 aliphatic carbocycles. The first-order chi connectivity index (χ1) is 11.5. The summed E-state index contributed by atoms with van der Waals surface area (Å²) in [6.07, 6.45) is 10.7. The van der Waals surface area contributed by atoms with Crippen LogP contribution in [-0.4, -0.2) is 34.2 Å². The number of allylic oxidation sites excluding steroid dienone is 5. The van der Waals surface area contributed by atoms with Gasteiger partial charge in [0.2, 0.25) is 5.89 Å². The minimum absolute atomic E-state index is 0.207. The number of rotatable bonds is 2. The molecule has 2 saturated heterocycles. The standard InChI is InChI=1S/C19H24ClN3O/c1-11(2)18-21-19(24-22-18)17-15(12-4-6-13(20)7-5-12)10-14-8-9-16(17)23(14)3/h4,6-7,11,14,16-17H,5,8-10H2,1-3H3/b15-12-. The van der Waals surface area contributed by atoms with Crippen molar-refractivity contribution >= 4 is 11.6 Å². The van der Waals surface area contributed by atoms with Crippen molar-refractivity contribution in [2.24, 2.45) is 0 Å². The van der Waals surface area contributed by atoms with Gasteiger partial charge in [-0.25, -0.2) is 0 Å². The largest absolute Gasteiger partial charge is 0.339 e. The second kappa shape index (κ2) is 6.16. The van der Waals surface area contributed by atoms with Crippen LogP contribution in [0.5, 0.6) is 0 Å². The van der Waals surface area contributed by atoms with Crippen LogP contribution in [0, 0.1) is 0 Å². The summed E-state index contributed by atoms with van der Waals surface area (Å²) < 4.78 is 5.72. The van der Waals surface area contributed by atoms with Crippen LogP contribution in [0.4, 0.5) is 0 Å². The van der Waals surface area contributed by atoms with Crippen molar-refractivity contribution in [1.82, 2.24) is 15.0 Å². The zero-order chi connectivity index (χ0) is 16.8. The smallest absolute Gasteiger partial charge is 0.235 e. The SMILES string of the molecule is CC(C)c1noc(C2/C(=C3/C=CC(Cl)=CC3)CC3CCC2N3C)n1. The Morgan fingerprint density at radius 1 is 1.29 bits per heavy atom. The summed E-state index contributed by atoms with van der Waals surface area (Å²) in [7, 11) is 2.24. The maximum atomic E-state index is 6.11. The molecule has 3 unspecified atom stereocenters. The van der Waals surface area contributed by atoms with Crippen molar-refractivity contribution in [3.63, 3.8) is 0 Å². The molecular weight excluding hydrogens is 322 g/mol. The highest BCUT2D eigenvalue weighted by atomic mass is 35.5. The molecule has 2 aliphatic heterocycles. The summed E-state index contributed by atoms with van der Waals surface area (Å²) >= 11 is 6.11. The molecule has 4 nitrogen and oxygen atoms in total. The molecule has 1 aromatic rings. The first kappa shape index (κ1) is 16.1. The predicted octanol–water partition coefficient (Wildman–Crippen LogP) is 4.52. The van der Waals surface area contributed by atoms with E-state index >= 15 is 0 Å². The van der Waals surface area contributed by atoms with Gasteiger partial charge < -0.3 is 4.52 Å². The maximum absolute atomic E-state index is 6.11. The summed E-state index contributed by atoms with van der Waals surface area (Å²) in [6.45, 7) is 4.20. The third-order valence-corrected chi connectivity index (χ3v) is 6.00. The lowest BCUT2D eigenvalue weighted by Gasteiger charge is -2.39. The van der Waals surface area contributed by atoms with Crippen LogP contribution in [0.3, 0.4) is 0 Å². The Morgan fingerprint density at radius 3 is 2.79 bits per heavy atom. The van der Waals surface area contributed by atoms with Crippen molar-refractivity contribution < 1.29 is 4.52 Å². The number of nitrogens with zero attached hydrogens (tertiary/aromatic N) is 3. The molecule has 5 heteroatoms. The topological polar surface area (TPSA) is 42.2 Å². The van der Waals surface area contributed by atoms with Crippen LogP contribution < -0.4 is 0 Å². The van der Waals surface area contributed by atoms with Crippen molar-refractivity contribution in [1.29, 1.82) is 0 Å². The second-order valence-electron chi connectivity index (χ2n) is 7.47. The van der Waals surface area contributed by atoms with Crippen LogP contribution >= 0.6 is 11.6 Å². The van der Waals surface area contributed by atoms with Crippen LogP contribution in [0.15, 0.2) is 38.9 Å². The highest BCUT2D eigenvalue weighted by Gasteiger charge is 2.46. The molecule has 3 heterocycles. The quantitative estimate of drug-likeness (QED) is 0.790. The van der Waals surface area contributed by atoms with Gasteiger partial charge in [0.15, 0.2) is 5.82 Å². The van der Waals surface area contributed by atoms with Gasteiger partial charge in [0, 0.05) is 23.0 Å². The van der Waals surface area contributed by atoms with E-state index in [1.807, 2.05) is 6.08 Å². The molecule has 0 N–H and O–H groups in total. The normalized spacial score (nSPS) is 33.4. The predicted molar refractivity (Wildman–Crippen MR) is 95.0 cm³/mol.